The van der Waals surface area contributed by atoms with Crippen molar-refractivity contribution in [3.05, 3.63) is 6.42 Å². The lowest BCUT2D eigenvalue weighted by Gasteiger charge is -2.30. The number of hydrogen-bond acceptors (Lipinski definition) is 0. The third kappa shape index (κ3) is 0.947. The summed E-state index contributed by atoms with van der Waals surface area (Å²) in [6.45, 7) is 7.21. The van der Waals surface area contributed by atoms with Crippen molar-refractivity contribution in [2.45, 2.75) is 33.6 Å². The summed E-state index contributed by atoms with van der Waals surface area (Å²) in [6.07, 6.45) is 5.51. The molecule has 2 fully saturated rings. The van der Waals surface area contributed by atoms with Gasteiger partial charge in [0.05, 0.1) is 0 Å². The zero-order chi connectivity index (χ0) is 8.01. The minimum atomic E-state index is 0.964. The molecule has 2 bridgehead atoms. The molecule has 0 aromatic heterocycles. The van der Waals surface area contributed by atoms with Crippen molar-refractivity contribution < 1.29 is 0 Å². The highest BCUT2D eigenvalue weighted by Crippen LogP contribution is 2.55. The summed E-state index contributed by atoms with van der Waals surface area (Å²) in [6, 6.07) is 0. The summed E-state index contributed by atoms with van der Waals surface area (Å²) >= 11 is 0. The van der Waals surface area contributed by atoms with Crippen LogP contribution < -0.4 is 0 Å². The highest BCUT2D eigenvalue weighted by molar-refractivity contribution is 5.06. The zero-order valence-corrected chi connectivity index (χ0v) is 7.88. The summed E-state index contributed by atoms with van der Waals surface area (Å²) in [7, 11) is 0. The van der Waals surface area contributed by atoms with E-state index in [0.29, 0.717) is 0 Å². The Morgan fingerprint density at radius 2 is 2.00 bits per heavy atom. The largest absolute Gasteiger partial charge is 0.0651 e. The van der Waals surface area contributed by atoms with Crippen LogP contribution in [0.5, 0.6) is 0 Å². The maximum absolute atomic E-state index is 2.63. The molecule has 2 rings (SSSR count). The van der Waals surface area contributed by atoms with Crippen molar-refractivity contribution in [2.75, 3.05) is 0 Å². The molecule has 0 aromatic rings. The summed E-state index contributed by atoms with van der Waals surface area (Å²) in [5.74, 6) is 4.95. The molecule has 0 N–H and O–H groups in total. The Hall–Kier alpha value is 0. The van der Waals surface area contributed by atoms with E-state index in [2.05, 4.69) is 27.2 Å². The molecule has 11 heavy (non-hydrogen) atoms. The molecule has 0 heteroatoms. The molecule has 0 heterocycles. The fraction of sp³-hybridized carbons (Fsp3) is 0.909. The van der Waals surface area contributed by atoms with E-state index < -0.39 is 0 Å². The van der Waals surface area contributed by atoms with Gasteiger partial charge in [0.2, 0.25) is 0 Å². The molecule has 2 saturated carbocycles. The van der Waals surface area contributed by atoms with E-state index in [4.69, 9.17) is 0 Å². The van der Waals surface area contributed by atoms with Gasteiger partial charge in [-0.05, 0) is 42.4 Å². The van der Waals surface area contributed by atoms with Gasteiger partial charge in [0.1, 0.15) is 0 Å². The first-order chi connectivity index (χ1) is 5.24. The highest BCUT2D eigenvalue weighted by atomic mass is 14.5. The second kappa shape index (κ2) is 2.50. The molecule has 0 aliphatic heterocycles. The Bertz CT molecular complexity index is 144. The van der Waals surface area contributed by atoms with E-state index in [9.17, 15) is 0 Å². The van der Waals surface area contributed by atoms with Crippen molar-refractivity contribution in [2.24, 2.45) is 29.6 Å². The molecular formula is C11H19. The van der Waals surface area contributed by atoms with Gasteiger partial charge in [-0.1, -0.05) is 27.2 Å². The quantitative estimate of drug-likeness (QED) is 0.540. The van der Waals surface area contributed by atoms with Crippen LogP contribution in [0.4, 0.5) is 0 Å². The average Bonchev–Trinajstić information content (AvgIpc) is 2.53. The van der Waals surface area contributed by atoms with E-state index >= 15 is 0 Å². The Kier molecular flexibility index (Phi) is 1.74. The lowest BCUT2D eigenvalue weighted by molar-refractivity contribution is 0.234. The van der Waals surface area contributed by atoms with E-state index in [1.165, 1.54) is 12.8 Å². The van der Waals surface area contributed by atoms with Crippen LogP contribution in [-0.4, -0.2) is 0 Å². The molecule has 0 amide bonds. The zero-order valence-electron chi connectivity index (χ0n) is 7.88. The first-order valence-corrected chi connectivity index (χ1v) is 5.09. The number of hydrogen-bond donors (Lipinski definition) is 0. The lowest BCUT2D eigenvalue weighted by Crippen LogP contribution is -2.24. The van der Waals surface area contributed by atoms with Crippen LogP contribution in [0, 0.1) is 36.0 Å². The molecule has 2 aliphatic rings. The van der Waals surface area contributed by atoms with E-state index in [1.807, 2.05) is 0 Å². The standard InChI is InChI=1S/C11H19/c1-4-9-5-10-6-11(9)8(3)7(10)2/h5,7-11H,4,6H2,1-3H3. The van der Waals surface area contributed by atoms with Crippen LogP contribution in [0.15, 0.2) is 0 Å². The molecule has 63 valence electrons. The van der Waals surface area contributed by atoms with Crippen LogP contribution in [0.3, 0.4) is 0 Å². The minimum Gasteiger partial charge on any atom is -0.0651 e. The van der Waals surface area contributed by atoms with Gasteiger partial charge in [-0.25, -0.2) is 0 Å². The first-order valence-electron chi connectivity index (χ1n) is 5.09. The Balaban J connectivity index is 2.10. The summed E-state index contributed by atoms with van der Waals surface area (Å²) in [5.41, 5.74) is 0. The second-order valence-corrected chi connectivity index (χ2v) is 4.55. The predicted octanol–water partition coefficient (Wildman–Crippen LogP) is 3.14. The van der Waals surface area contributed by atoms with Crippen LogP contribution in [0.1, 0.15) is 33.6 Å². The third-order valence-corrected chi connectivity index (χ3v) is 4.24. The van der Waals surface area contributed by atoms with E-state index in [-0.39, 0.29) is 0 Å². The topological polar surface area (TPSA) is 0 Å². The summed E-state index contributed by atoms with van der Waals surface area (Å²) < 4.78 is 0. The van der Waals surface area contributed by atoms with Crippen molar-refractivity contribution in [3.63, 3.8) is 0 Å². The Labute approximate surface area is 70.4 Å². The molecular weight excluding hydrogens is 132 g/mol. The monoisotopic (exact) mass is 151 g/mol. The van der Waals surface area contributed by atoms with E-state index in [0.717, 1.165) is 29.6 Å². The maximum Gasteiger partial charge on any atom is -0.0318 e. The van der Waals surface area contributed by atoms with Gasteiger partial charge in [0.15, 0.2) is 0 Å². The number of rotatable bonds is 1. The number of fused-ring (bicyclic) bond motifs is 2. The van der Waals surface area contributed by atoms with Gasteiger partial charge >= 0.3 is 0 Å². The smallest absolute Gasteiger partial charge is 0.0318 e. The summed E-state index contributed by atoms with van der Waals surface area (Å²) in [4.78, 5) is 0. The molecule has 0 nitrogen and oxygen atoms in total. The second-order valence-electron chi connectivity index (χ2n) is 4.55. The molecule has 2 aliphatic carbocycles. The van der Waals surface area contributed by atoms with Crippen molar-refractivity contribution in [3.8, 4) is 0 Å². The van der Waals surface area contributed by atoms with Crippen molar-refractivity contribution in [1.29, 1.82) is 0 Å². The van der Waals surface area contributed by atoms with Gasteiger partial charge in [-0.2, -0.15) is 0 Å². The molecule has 0 aromatic carbocycles. The van der Waals surface area contributed by atoms with Crippen LogP contribution >= 0.6 is 0 Å². The van der Waals surface area contributed by atoms with Crippen LogP contribution in [-0.2, 0) is 0 Å². The molecule has 5 atom stereocenters. The molecule has 1 radical (unpaired) electrons. The van der Waals surface area contributed by atoms with Gasteiger partial charge in [-0.3, -0.25) is 0 Å². The van der Waals surface area contributed by atoms with Gasteiger partial charge in [0.25, 0.3) is 0 Å². The maximum atomic E-state index is 2.63. The van der Waals surface area contributed by atoms with Crippen LogP contribution in [0.2, 0.25) is 0 Å². The summed E-state index contributed by atoms with van der Waals surface area (Å²) in [5, 5.41) is 0. The van der Waals surface area contributed by atoms with Gasteiger partial charge in [-0.15, -0.1) is 0 Å². The normalized spacial score (nSPS) is 55.4. The fourth-order valence-electron chi connectivity index (χ4n) is 3.24. The van der Waals surface area contributed by atoms with Gasteiger partial charge in [0, 0.05) is 0 Å². The Morgan fingerprint density at radius 1 is 1.27 bits per heavy atom. The molecule has 5 unspecified atom stereocenters. The third-order valence-electron chi connectivity index (χ3n) is 4.24. The Morgan fingerprint density at radius 3 is 2.45 bits per heavy atom. The van der Waals surface area contributed by atoms with Gasteiger partial charge < -0.3 is 0 Å². The van der Waals surface area contributed by atoms with Crippen molar-refractivity contribution in [1.82, 2.24) is 0 Å². The minimum absolute atomic E-state index is 0.964. The fourth-order valence-corrected chi connectivity index (χ4v) is 3.24. The molecule has 0 spiro atoms. The average molecular weight is 151 g/mol. The molecule has 0 saturated heterocycles. The highest BCUT2D eigenvalue weighted by Gasteiger charge is 2.47. The first kappa shape index (κ1) is 7.64. The van der Waals surface area contributed by atoms with Crippen LogP contribution in [0.25, 0.3) is 0 Å². The predicted molar refractivity (Wildman–Crippen MR) is 48.0 cm³/mol. The van der Waals surface area contributed by atoms with Crippen molar-refractivity contribution >= 4 is 0 Å². The van der Waals surface area contributed by atoms with E-state index in [1.54, 1.807) is 0 Å². The lowest BCUT2D eigenvalue weighted by atomic mass is 9.75. The SMILES string of the molecule is CCC1[CH]C2CC1C(C)C2C.